The molecule has 3 aromatic rings. The normalized spacial score (nSPS) is 10.9. The standard InChI is InChI=1S/C14H10FNSe/c15-11-5-3-4-10(8-11)9-14-16-12-6-1-2-7-13(12)17-14/h1-8H,9H2. The maximum atomic E-state index is 13.1. The zero-order chi connectivity index (χ0) is 11.7. The van der Waals surface area contributed by atoms with Crippen LogP contribution in [0.1, 0.15) is 10.1 Å². The van der Waals surface area contributed by atoms with Gasteiger partial charge in [-0.2, -0.15) is 0 Å². The topological polar surface area (TPSA) is 12.9 Å². The molecule has 2 aromatic carbocycles. The molecule has 0 spiro atoms. The van der Waals surface area contributed by atoms with Gasteiger partial charge in [0.05, 0.1) is 0 Å². The first-order valence-corrected chi connectivity index (χ1v) is 7.11. The summed E-state index contributed by atoms with van der Waals surface area (Å²) in [5.74, 6) is -0.175. The molecule has 0 fully saturated rings. The van der Waals surface area contributed by atoms with Gasteiger partial charge in [-0.3, -0.25) is 0 Å². The molecule has 84 valence electrons. The van der Waals surface area contributed by atoms with Gasteiger partial charge in [0.15, 0.2) is 0 Å². The van der Waals surface area contributed by atoms with Crippen LogP contribution in [0.25, 0.3) is 9.78 Å². The Bertz CT molecular complexity index is 627. The molecule has 0 saturated carbocycles. The van der Waals surface area contributed by atoms with E-state index in [4.69, 9.17) is 0 Å². The molecule has 0 aliphatic carbocycles. The summed E-state index contributed by atoms with van der Waals surface area (Å²) in [6.07, 6.45) is 0.756. The number of para-hydroxylation sites is 1. The Balaban J connectivity index is 1.94. The minimum absolute atomic E-state index is 0.175. The van der Waals surface area contributed by atoms with E-state index in [9.17, 15) is 4.39 Å². The van der Waals surface area contributed by atoms with Gasteiger partial charge in [-0.1, -0.05) is 0 Å². The molecule has 0 aliphatic heterocycles. The Morgan fingerprint density at radius 3 is 2.76 bits per heavy atom. The van der Waals surface area contributed by atoms with Crippen LogP contribution < -0.4 is 0 Å². The molecule has 1 aromatic heterocycles. The Labute approximate surface area is 105 Å². The number of rotatable bonds is 2. The molecule has 1 nitrogen and oxygen atoms in total. The van der Waals surface area contributed by atoms with Crippen LogP contribution in [0, 0.1) is 5.82 Å². The van der Waals surface area contributed by atoms with Gasteiger partial charge in [0.1, 0.15) is 0 Å². The summed E-state index contributed by atoms with van der Waals surface area (Å²) in [5.41, 5.74) is 2.08. The summed E-state index contributed by atoms with van der Waals surface area (Å²) in [7, 11) is 0. The third kappa shape index (κ3) is 2.31. The minimum atomic E-state index is -0.175. The van der Waals surface area contributed by atoms with Crippen LogP contribution >= 0.6 is 0 Å². The zero-order valence-corrected chi connectivity index (χ0v) is 10.8. The monoisotopic (exact) mass is 291 g/mol. The molecule has 0 N–H and O–H groups in total. The van der Waals surface area contributed by atoms with Crippen molar-refractivity contribution >= 4 is 24.3 Å². The van der Waals surface area contributed by atoms with E-state index in [2.05, 4.69) is 11.1 Å². The first kappa shape index (κ1) is 10.7. The molecule has 0 saturated heterocycles. The van der Waals surface area contributed by atoms with Crippen molar-refractivity contribution in [3.05, 3.63) is 64.5 Å². The molecule has 0 aliphatic rings. The van der Waals surface area contributed by atoms with E-state index < -0.39 is 0 Å². The van der Waals surface area contributed by atoms with E-state index in [0.717, 1.165) is 17.5 Å². The van der Waals surface area contributed by atoms with Crippen LogP contribution in [-0.2, 0) is 6.42 Å². The molecule has 3 heteroatoms. The number of aromatic nitrogens is 1. The van der Waals surface area contributed by atoms with Gasteiger partial charge < -0.3 is 0 Å². The second-order valence-electron chi connectivity index (χ2n) is 3.88. The van der Waals surface area contributed by atoms with Gasteiger partial charge in [0, 0.05) is 0 Å². The fraction of sp³-hybridized carbons (Fsp3) is 0.0714. The first-order valence-electron chi connectivity index (χ1n) is 5.40. The molecule has 0 atom stereocenters. The number of nitrogens with zero attached hydrogens (tertiary/aromatic N) is 1. The van der Waals surface area contributed by atoms with Crippen molar-refractivity contribution < 1.29 is 4.39 Å². The van der Waals surface area contributed by atoms with Gasteiger partial charge in [-0.05, 0) is 0 Å². The van der Waals surface area contributed by atoms with Crippen molar-refractivity contribution in [2.45, 2.75) is 6.42 Å². The predicted octanol–water partition coefficient (Wildman–Crippen LogP) is 3.02. The second kappa shape index (κ2) is 4.44. The van der Waals surface area contributed by atoms with E-state index in [-0.39, 0.29) is 5.82 Å². The summed E-state index contributed by atoms with van der Waals surface area (Å²) >= 11 is 0.295. The van der Waals surface area contributed by atoms with Crippen LogP contribution in [-0.4, -0.2) is 19.5 Å². The Morgan fingerprint density at radius 2 is 1.94 bits per heavy atom. The number of halogens is 1. The van der Waals surface area contributed by atoms with E-state index in [1.165, 1.54) is 14.9 Å². The molecule has 0 bridgehead atoms. The van der Waals surface area contributed by atoms with E-state index in [1.807, 2.05) is 24.3 Å². The van der Waals surface area contributed by atoms with Crippen molar-refractivity contribution in [3.63, 3.8) is 0 Å². The summed E-state index contributed by atoms with van der Waals surface area (Å²) in [6.45, 7) is 0. The predicted molar refractivity (Wildman–Crippen MR) is 67.9 cm³/mol. The number of hydrogen-bond acceptors (Lipinski definition) is 1. The van der Waals surface area contributed by atoms with E-state index in [1.54, 1.807) is 12.1 Å². The molecule has 0 amide bonds. The van der Waals surface area contributed by atoms with Crippen LogP contribution in [0.4, 0.5) is 4.39 Å². The summed E-state index contributed by atoms with van der Waals surface area (Å²) in [4.78, 5) is 4.60. The van der Waals surface area contributed by atoms with Gasteiger partial charge in [-0.25, -0.2) is 0 Å². The number of benzene rings is 2. The number of hydrogen-bond donors (Lipinski definition) is 0. The van der Waals surface area contributed by atoms with Crippen molar-refractivity contribution in [1.82, 2.24) is 4.98 Å². The molecule has 17 heavy (non-hydrogen) atoms. The van der Waals surface area contributed by atoms with Crippen molar-refractivity contribution in [3.8, 4) is 0 Å². The van der Waals surface area contributed by atoms with Crippen LogP contribution in [0.15, 0.2) is 48.5 Å². The van der Waals surface area contributed by atoms with Gasteiger partial charge in [0.2, 0.25) is 0 Å². The van der Waals surface area contributed by atoms with Gasteiger partial charge in [0.25, 0.3) is 0 Å². The molecule has 0 unspecified atom stereocenters. The zero-order valence-electron chi connectivity index (χ0n) is 9.06. The molecule has 1 heterocycles. The van der Waals surface area contributed by atoms with Crippen LogP contribution in [0.2, 0.25) is 0 Å². The molecular formula is C14H10FNSe. The Hall–Kier alpha value is -1.44. The molecular weight excluding hydrogens is 280 g/mol. The fourth-order valence-corrected chi connectivity index (χ4v) is 3.92. The third-order valence-corrected chi connectivity index (χ3v) is 4.76. The van der Waals surface area contributed by atoms with Gasteiger partial charge >= 0.3 is 105 Å². The van der Waals surface area contributed by atoms with Crippen LogP contribution in [0.3, 0.4) is 0 Å². The molecule has 0 radical (unpaired) electrons. The summed E-state index contributed by atoms with van der Waals surface area (Å²) < 4.78 is 15.6. The van der Waals surface area contributed by atoms with Gasteiger partial charge in [-0.15, -0.1) is 0 Å². The van der Waals surface area contributed by atoms with E-state index >= 15 is 0 Å². The quantitative estimate of drug-likeness (QED) is 0.661. The Kier molecular flexibility index (Phi) is 2.79. The second-order valence-corrected chi connectivity index (χ2v) is 6.22. The SMILES string of the molecule is Fc1cccc(Cc2nc3ccccc3[se]2)c1. The molecule has 3 rings (SSSR count). The fourth-order valence-electron chi connectivity index (χ4n) is 1.82. The average Bonchev–Trinajstić information content (AvgIpc) is 2.71. The van der Waals surface area contributed by atoms with Crippen molar-refractivity contribution in [2.24, 2.45) is 0 Å². The van der Waals surface area contributed by atoms with E-state index in [0.29, 0.717) is 14.5 Å². The van der Waals surface area contributed by atoms with Crippen molar-refractivity contribution in [1.29, 1.82) is 0 Å². The summed E-state index contributed by atoms with van der Waals surface area (Å²) in [6, 6.07) is 15.0. The maximum absolute atomic E-state index is 13.1. The first-order chi connectivity index (χ1) is 8.31. The third-order valence-electron chi connectivity index (χ3n) is 2.58. The summed E-state index contributed by atoms with van der Waals surface area (Å²) in [5, 5.41) is 0. The Morgan fingerprint density at radius 1 is 1.06 bits per heavy atom. The average molecular weight is 290 g/mol. The van der Waals surface area contributed by atoms with Crippen molar-refractivity contribution in [2.75, 3.05) is 0 Å². The number of fused-ring (bicyclic) bond motifs is 1. The van der Waals surface area contributed by atoms with Crippen LogP contribution in [0.5, 0.6) is 0 Å².